The topological polar surface area (TPSA) is 52.6 Å². The van der Waals surface area contributed by atoms with Crippen molar-refractivity contribution in [3.63, 3.8) is 0 Å². The highest BCUT2D eigenvalue weighted by molar-refractivity contribution is 9.10. The van der Waals surface area contributed by atoms with E-state index in [2.05, 4.69) is 68.7 Å². The Morgan fingerprint density at radius 2 is 1.68 bits per heavy atom. The van der Waals surface area contributed by atoms with E-state index in [0.29, 0.717) is 12.8 Å². The fourth-order valence-corrected chi connectivity index (χ4v) is 7.72. The fourth-order valence-electron chi connectivity index (χ4n) is 6.97. The number of Topliss-reactive ketones (excluding diaryl/α,β-unsaturated/α-hetero) is 2. The quantitative estimate of drug-likeness (QED) is 0.302. The Morgan fingerprint density at radius 3 is 2.33 bits per heavy atom. The molecule has 5 heteroatoms. The summed E-state index contributed by atoms with van der Waals surface area (Å²) in [6.45, 7) is 12.8. The lowest BCUT2D eigenvalue weighted by molar-refractivity contribution is 0.0847. The minimum Gasteiger partial charge on any atom is -0.495 e. The zero-order chi connectivity index (χ0) is 28.7. The van der Waals surface area contributed by atoms with E-state index in [1.807, 2.05) is 31.2 Å². The van der Waals surface area contributed by atoms with Crippen LogP contribution >= 0.6 is 15.9 Å². The highest BCUT2D eigenvalue weighted by Crippen LogP contribution is 2.54. The minimum absolute atomic E-state index is 0.0260. The molecule has 40 heavy (non-hydrogen) atoms. The van der Waals surface area contributed by atoms with Crippen molar-refractivity contribution in [2.75, 3.05) is 7.11 Å². The maximum Gasteiger partial charge on any atom is 0.166 e. The summed E-state index contributed by atoms with van der Waals surface area (Å²) in [4.78, 5) is 27.1. The zero-order valence-electron chi connectivity index (χ0n) is 24.4. The van der Waals surface area contributed by atoms with Gasteiger partial charge < -0.3 is 9.47 Å². The molecule has 3 atom stereocenters. The van der Waals surface area contributed by atoms with Crippen LogP contribution in [0.25, 0.3) is 11.1 Å². The van der Waals surface area contributed by atoms with Gasteiger partial charge in [-0.25, -0.2) is 0 Å². The normalized spacial score (nSPS) is 22.6. The second-order valence-corrected chi connectivity index (χ2v) is 14.2. The summed E-state index contributed by atoms with van der Waals surface area (Å²) >= 11 is 3.78. The van der Waals surface area contributed by atoms with E-state index in [1.165, 1.54) is 0 Å². The van der Waals surface area contributed by atoms with Gasteiger partial charge in [0.2, 0.25) is 0 Å². The van der Waals surface area contributed by atoms with Crippen molar-refractivity contribution < 1.29 is 19.1 Å². The van der Waals surface area contributed by atoms with Crippen LogP contribution in [0.1, 0.15) is 90.9 Å². The number of ether oxygens (including phenoxy) is 2. The molecule has 208 valence electrons. The van der Waals surface area contributed by atoms with Gasteiger partial charge >= 0.3 is 0 Å². The van der Waals surface area contributed by atoms with Crippen LogP contribution in [0.4, 0.5) is 0 Å². The molecule has 3 unspecified atom stereocenters. The third-order valence-electron chi connectivity index (χ3n) is 9.35. The molecule has 0 saturated carbocycles. The summed E-state index contributed by atoms with van der Waals surface area (Å²) in [7, 11) is 1.69. The third-order valence-corrected chi connectivity index (χ3v) is 10.2. The molecule has 0 fully saturated rings. The van der Waals surface area contributed by atoms with Crippen LogP contribution in [-0.2, 0) is 23.7 Å². The number of carbonyl (C=O) groups is 2. The molecular weight excluding hydrogens is 564 g/mol. The van der Waals surface area contributed by atoms with E-state index in [1.54, 1.807) is 7.11 Å². The lowest BCUT2D eigenvalue weighted by atomic mass is 9.75. The summed E-state index contributed by atoms with van der Waals surface area (Å²) in [5, 5.41) is 0. The Balaban J connectivity index is 1.38. The Bertz CT molecular complexity index is 1560. The van der Waals surface area contributed by atoms with Crippen molar-refractivity contribution in [3.05, 3.63) is 80.3 Å². The van der Waals surface area contributed by atoms with Gasteiger partial charge in [-0.3, -0.25) is 9.59 Å². The molecule has 3 aliphatic rings. The number of ketones is 2. The predicted octanol–water partition coefficient (Wildman–Crippen LogP) is 8.28. The summed E-state index contributed by atoms with van der Waals surface area (Å²) in [5.74, 6) is 1.87. The zero-order valence-corrected chi connectivity index (χ0v) is 26.0. The predicted molar refractivity (Wildman–Crippen MR) is 162 cm³/mol. The van der Waals surface area contributed by atoms with Gasteiger partial charge in [0.1, 0.15) is 17.6 Å². The number of rotatable bonds is 4. The standard InChI is InChI=1S/C35H37BrO4/c1-18-13-21-23(30(18)37)17-26-32(28(21)19-11-9-8-10-12-19)40-27(35(26,5)6)15-20-14-22-24(31(20)38)16-25(34(2,3)4)33(39-7)29(22)36/h8-12,16-18,20,27H,13-15H2,1-7H3. The number of carbonyl (C=O) groups excluding carboxylic acids is 2. The van der Waals surface area contributed by atoms with E-state index < -0.39 is 0 Å². The number of halogens is 1. The molecule has 6 rings (SSSR count). The van der Waals surface area contributed by atoms with Gasteiger partial charge in [-0.1, -0.05) is 71.9 Å². The molecule has 1 aliphatic heterocycles. The molecule has 0 spiro atoms. The van der Waals surface area contributed by atoms with Crippen molar-refractivity contribution in [1.29, 1.82) is 0 Å². The number of hydrogen-bond acceptors (Lipinski definition) is 4. The first kappa shape index (κ1) is 27.3. The average Bonchev–Trinajstić information content (AvgIpc) is 3.47. The van der Waals surface area contributed by atoms with Gasteiger partial charge in [0.05, 0.1) is 11.6 Å². The monoisotopic (exact) mass is 600 g/mol. The Morgan fingerprint density at radius 1 is 1.00 bits per heavy atom. The summed E-state index contributed by atoms with van der Waals surface area (Å²) < 4.78 is 13.6. The highest BCUT2D eigenvalue weighted by atomic mass is 79.9. The average molecular weight is 602 g/mol. The van der Waals surface area contributed by atoms with Crippen molar-refractivity contribution >= 4 is 27.5 Å². The van der Waals surface area contributed by atoms with E-state index >= 15 is 0 Å². The lowest BCUT2D eigenvalue weighted by Gasteiger charge is -2.27. The number of benzene rings is 3. The van der Waals surface area contributed by atoms with Crippen LogP contribution < -0.4 is 9.47 Å². The first-order valence-corrected chi connectivity index (χ1v) is 15.0. The van der Waals surface area contributed by atoms with Gasteiger partial charge in [-0.15, -0.1) is 0 Å². The molecule has 4 nitrogen and oxygen atoms in total. The number of methoxy groups -OCH3 is 1. The van der Waals surface area contributed by atoms with Crippen LogP contribution in [0.15, 0.2) is 46.9 Å². The van der Waals surface area contributed by atoms with E-state index in [9.17, 15) is 9.59 Å². The summed E-state index contributed by atoms with van der Waals surface area (Å²) in [6.07, 6.45) is 1.80. The molecular formula is C35H37BrO4. The van der Waals surface area contributed by atoms with Crippen molar-refractivity contribution in [2.24, 2.45) is 11.8 Å². The van der Waals surface area contributed by atoms with Gasteiger partial charge in [-0.05, 0) is 69.4 Å². The number of fused-ring (bicyclic) bond motifs is 3. The van der Waals surface area contributed by atoms with Gasteiger partial charge in [0.15, 0.2) is 11.6 Å². The molecule has 3 aromatic rings. The van der Waals surface area contributed by atoms with Gasteiger partial charge in [-0.2, -0.15) is 0 Å². The van der Waals surface area contributed by atoms with Crippen LogP contribution in [0.3, 0.4) is 0 Å². The van der Waals surface area contributed by atoms with Gasteiger partial charge in [0.25, 0.3) is 0 Å². The Labute approximate surface area is 245 Å². The van der Waals surface area contributed by atoms with Crippen LogP contribution in [0.2, 0.25) is 0 Å². The fraction of sp³-hybridized carbons (Fsp3) is 0.429. The highest BCUT2D eigenvalue weighted by Gasteiger charge is 2.48. The lowest BCUT2D eigenvalue weighted by Crippen LogP contribution is -2.35. The minimum atomic E-state index is -0.361. The maximum atomic E-state index is 13.9. The molecule has 2 aliphatic carbocycles. The van der Waals surface area contributed by atoms with E-state index in [-0.39, 0.29) is 40.3 Å². The van der Waals surface area contributed by atoms with Crippen molar-refractivity contribution in [3.8, 4) is 22.6 Å². The second-order valence-electron chi connectivity index (χ2n) is 13.4. The molecule has 0 bridgehead atoms. The van der Waals surface area contributed by atoms with Crippen LogP contribution in [-0.4, -0.2) is 24.8 Å². The second kappa shape index (κ2) is 9.30. The molecule has 0 N–H and O–H groups in total. The molecule has 3 aromatic carbocycles. The van der Waals surface area contributed by atoms with Crippen LogP contribution in [0, 0.1) is 11.8 Å². The van der Waals surface area contributed by atoms with Gasteiger partial charge in [0, 0.05) is 45.1 Å². The van der Waals surface area contributed by atoms with E-state index in [0.717, 1.165) is 66.9 Å². The molecule has 1 heterocycles. The van der Waals surface area contributed by atoms with Crippen LogP contribution in [0.5, 0.6) is 11.5 Å². The largest absolute Gasteiger partial charge is 0.495 e. The summed E-state index contributed by atoms with van der Waals surface area (Å²) in [5.41, 5.74) is 7.43. The van der Waals surface area contributed by atoms with E-state index in [4.69, 9.17) is 9.47 Å². The first-order valence-electron chi connectivity index (χ1n) is 14.2. The maximum absolute atomic E-state index is 13.9. The van der Waals surface area contributed by atoms with Crippen molar-refractivity contribution in [1.82, 2.24) is 0 Å². The summed E-state index contributed by atoms with van der Waals surface area (Å²) in [6, 6.07) is 14.4. The Kier molecular flexibility index (Phi) is 6.34. The Hall–Kier alpha value is -2.92. The number of hydrogen-bond donors (Lipinski definition) is 0. The molecule has 0 radical (unpaired) electrons. The molecule has 0 amide bonds. The third kappa shape index (κ3) is 3.99. The van der Waals surface area contributed by atoms with Crippen molar-refractivity contribution in [2.45, 2.75) is 77.7 Å². The SMILES string of the molecule is COc1c(C(C)(C)C)cc2c(c1Br)CC(CC1Oc3c(cc4c(c3-c3ccccc3)CC(C)C4=O)C1(C)C)C2=O. The smallest absolute Gasteiger partial charge is 0.166 e. The molecule has 0 aromatic heterocycles. The molecule has 0 saturated heterocycles. The first-order chi connectivity index (χ1) is 18.8.